The fourth-order valence-corrected chi connectivity index (χ4v) is 11.0. The van der Waals surface area contributed by atoms with Crippen molar-refractivity contribution in [3.63, 3.8) is 0 Å². The molecule has 10 aromatic rings. The molecule has 0 spiro atoms. The average Bonchev–Trinajstić information content (AvgIpc) is 3.89. The Morgan fingerprint density at radius 2 is 1.01 bits per heavy atom. The lowest BCUT2D eigenvalue weighted by Gasteiger charge is -2.34. The van der Waals surface area contributed by atoms with Crippen LogP contribution < -0.4 is 9.80 Å². The Labute approximate surface area is 397 Å². The molecule has 9 aromatic carbocycles. The Morgan fingerprint density at radius 1 is 0.448 bits per heavy atom. The second-order valence-corrected chi connectivity index (χ2v) is 18.9. The van der Waals surface area contributed by atoms with Crippen LogP contribution in [0.5, 0.6) is 0 Å². The molecule has 2 aliphatic carbocycles. The molecule has 1 heterocycles. The van der Waals surface area contributed by atoms with Crippen LogP contribution in [0.15, 0.2) is 248 Å². The van der Waals surface area contributed by atoms with Gasteiger partial charge in [0, 0.05) is 60.0 Å². The van der Waals surface area contributed by atoms with Gasteiger partial charge < -0.3 is 9.80 Å². The van der Waals surface area contributed by atoms with E-state index >= 15 is 0 Å². The monoisotopic (exact) mass is 876 g/mol. The van der Waals surface area contributed by atoms with E-state index in [9.17, 15) is 0 Å². The van der Waals surface area contributed by atoms with Crippen molar-refractivity contribution in [2.75, 3.05) is 9.80 Å². The second-order valence-electron chi connectivity index (χ2n) is 17.8. The van der Waals surface area contributed by atoms with Crippen molar-refractivity contribution in [2.45, 2.75) is 20.3 Å². The summed E-state index contributed by atoms with van der Waals surface area (Å²) in [7, 11) is 0. The fourth-order valence-electron chi connectivity index (χ4n) is 9.97. The van der Waals surface area contributed by atoms with Gasteiger partial charge in [-0.1, -0.05) is 181 Å². The summed E-state index contributed by atoms with van der Waals surface area (Å²) in [5.41, 5.74) is 15.4. The lowest BCUT2D eigenvalue weighted by Crippen LogP contribution is -2.20. The molecule has 0 radical (unpaired) electrons. The van der Waals surface area contributed by atoms with Crippen molar-refractivity contribution in [3.8, 4) is 32.0 Å². The molecule has 1 aromatic heterocycles. The van der Waals surface area contributed by atoms with E-state index in [1.807, 2.05) is 11.3 Å². The summed E-state index contributed by atoms with van der Waals surface area (Å²) < 4.78 is 0. The summed E-state index contributed by atoms with van der Waals surface area (Å²) in [6, 6.07) is 74.1. The molecule has 2 aliphatic rings. The number of hydrogen-bond acceptors (Lipinski definition) is 3. The molecule has 12 rings (SSSR count). The van der Waals surface area contributed by atoms with Crippen LogP contribution in [0.2, 0.25) is 0 Å². The Hall–Kier alpha value is -7.98. The smallest absolute Gasteiger partial charge is 0.0620 e. The predicted molar refractivity (Wildman–Crippen MR) is 288 cm³/mol. The number of benzene rings is 9. The molecule has 0 N–H and O–H groups in total. The highest BCUT2D eigenvalue weighted by Crippen LogP contribution is 2.52. The second kappa shape index (κ2) is 17.1. The molecule has 2 nitrogen and oxygen atoms in total. The van der Waals surface area contributed by atoms with Gasteiger partial charge in [-0.2, -0.15) is 0 Å². The van der Waals surface area contributed by atoms with Gasteiger partial charge in [0.1, 0.15) is 0 Å². The van der Waals surface area contributed by atoms with Crippen molar-refractivity contribution in [1.29, 1.82) is 0 Å². The summed E-state index contributed by atoms with van der Waals surface area (Å²) in [5.74, 6) is 0.378. The third-order valence-corrected chi connectivity index (χ3v) is 14.7. The Bertz CT molecular complexity index is 3610. The van der Waals surface area contributed by atoms with E-state index < -0.39 is 0 Å². The summed E-state index contributed by atoms with van der Waals surface area (Å²) in [4.78, 5) is 7.54. The molecule has 67 heavy (non-hydrogen) atoms. The van der Waals surface area contributed by atoms with Crippen molar-refractivity contribution in [1.82, 2.24) is 0 Å². The zero-order valence-corrected chi connectivity index (χ0v) is 38.4. The number of rotatable bonds is 9. The van der Waals surface area contributed by atoms with Gasteiger partial charge in [0.25, 0.3) is 0 Å². The first-order valence-corrected chi connectivity index (χ1v) is 24.1. The zero-order chi connectivity index (χ0) is 44.8. The molecule has 0 amide bonds. The Kier molecular flexibility index (Phi) is 10.3. The van der Waals surface area contributed by atoms with Crippen LogP contribution in [0.1, 0.15) is 17.5 Å². The highest BCUT2D eigenvalue weighted by atomic mass is 32.1. The van der Waals surface area contributed by atoms with Gasteiger partial charge in [-0.3, -0.25) is 0 Å². The van der Waals surface area contributed by atoms with Gasteiger partial charge in [0.05, 0.1) is 11.4 Å². The van der Waals surface area contributed by atoms with Crippen LogP contribution in [-0.2, 0) is 0 Å². The van der Waals surface area contributed by atoms with Crippen LogP contribution in [0.25, 0.3) is 64.3 Å². The molecule has 0 bridgehead atoms. The minimum Gasteiger partial charge on any atom is -0.309 e. The highest BCUT2D eigenvalue weighted by Gasteiger charge is 2.28. The van der Waals surface area contributed by atoms with E-state index in [2.05, 4.69) is 260 Å². The summed E-state index contributed by atoms with van der Waals surface area (Å²) >= 11 is 1.84. The van der Waals surface area contributed by atoms with Gasteiger partial charge in [-0.05, 0) is 126 Å². The topological polar surface area (TPSA) is 6.48 Å². The highest BCUT2D eigenvalue weighted by molar-refractivity contribution is 7.18. The van der Waals surface area contributed by atoms with E-state index in [0.29, 0.717) is 5.92 Å². The predicted octanol–water partition coefficient (Wildman–Crippen LogP) is 18.4. The molecular weight excluding hydrogens is 829 g/mol. The molecule has 320 valence electrons. The van der Waals surface area contributed by atoms with Crippen LogP contribution in [-0.4, -0.2) is 0 Å². The molecular formula is C64H48N2S. The SMILES string of the molecule is Cc1ccc(N(C2=CC3=CC=CCC3C=C2)c2c3ccccc3c(N(c3ccc(C)cc3)c3ccc4ccccc4c3)c3ccc(-c4ccc(-c5ccc(-c6ccccc6)s5)cc4)cc23)cc1. The Morgan fingerprint density at radius 3 is 1.73 bits per heavy atom. The van der Waals surface area contributed by atoms with E-state index in [1.165, 1.54) is 81.0 Å². The molecule has 0 aliphatic heterocycles. The van der Waals surface area contributed by atoms with Gasteiger partial charge in [0.15, 0.2) is 0 Å². The normalized spacial score (nSPS) is 14.3. The molecule has 1 atom stereocenters. The van der Waals surface area contributed by atoms with Crippen molar-refractivity contribution in [2.24, 2.45) is 5.92 Å². The number of aryl methyl sites for hydroxylation is 2. The summed E-state index contributed by atoms with van der Waals surface area (Å²) in [6.45, 7) is 4.33. The molecule has 3 heteroatoms. The average molecular weight is 877 g/mol. The first-order chi connectivity index (χ1) is 33.0. The van der Waals surface area contributed by atoms with Crippen molar-refractivity contribution < 1.29 is 0 Å². The summed E-state index contributed by atoms with van der Waals surface area (Å²) in [6.07, 6.45) is 14.9. The van der Waals surface area contributed by atoms with Gasteiger partial charge in [0.2, 0.25) is 0 Å². The molecule has 1 unspecified atom stereocenters. The first kappa shape index (κ1) is 40.5. The maximum Gasteiger partial charge on any atom is 0.0620 e. The number of thiophene rings is 1. The van der Waals surface area contributed by atoms with E-state index in [0.717, 1.165) is 40.6 Å². The van der Waals surface area contributed by atoms with Crippen molar-refractivity contribution >= 4 is 72.1 Å². The summed E-state index contributed by atoms with van der Waals surface area (Å²) in [5, 5.41) is 7.13. The number of anilines is 5. The minimum atomic E-state index is 0.378. The van der Waals surface area contributed by atoms with E-state index in [4.69, 9.17) is 0 Å². The molecule has 0 saturated carbocycles. The first-order valence-electron chi connectivity index (χ1n) is 23.3. The number of nitrogens with zero attached hydrogens (tertiary/aromatic N) is 2. The van der Waals surface area contributed by atoms with Crippen LogP contribution in [0.3, 0.4) is 0 Å². The lowest BCUT2D eigenvalue weighted by atomic mass is 9.86. The maximum atomic E-state index is 2.51. The van der Waals surface area contributed by atoms with Gasteiger partial charge >= 0.3 is 0 Å². The maximum absolute atomic E-state index is 2.51. The van der Waals surface area contributed by atoms with E-state index in [-0.39, 0.29) is 0 Å². The third kappa shape index (κ3) is 7.58. The lowest BCUT2D eigenvalue weighted by molar-refractivity contribution is 0.774. The molecule has 0 fully saturated rings. The van der Waals surface area contributed by atoms with Crippen LogP contribution in [0.4, 0.5) is 28.4 Å². The number of fused-ring (bicyclic) bond motifs is 4. The Balaban J connectivity index is 1.12. The number of hydrogen-bond donors (Lipinski definition) is 0. The van der Waals surface area contributed by atoms with Crippen LogP contribution in [0, 0.1) is 19.8 Å². The quantitative estimate of drug-likeness (QED) is 0.105. The molecule has 0 saturated heterocycles. The zero-order valence-electron chi connectivity index (χ0n) is 37.6. The van der Waals surface area contributed by atoms with Gasteiger partial charge in [-0.15, -0.1) is 11.3 Å². The van der Waals surface area contributed by atoms with E-state index in [1.54, 1.807) is 0 Å². The third-order valence-electron chi connectivity index (χ3n) is 13.5. The van der Waals surface area contributed by atoms with Gasteiger partial charge in [-0.25, -0.2) is 0 Å². The standard InChI is InChI=1S/C64H48N2S/c1-43-20-31-53(32-21-43)65(55-35-28-45-12-6-8-16-50(45)40-55)63-57-18-10-11-19-58(57)64(66(54-33-22-44(2)23-34-54)56-36-29-46-13-7-9-17-51(46)41-56)60-42-52(30-37-59(60)63)47-24-26-49(27-25-47)62-39-38-61(67-62)48-14-4-3-5-15-48/h3-12,14-42,46H,13H2,1-2H3. The minimum absolute atomic E-state index is 0.378. The van der Waals surface area contributed by atoms with Crippen molar-refractivity contribution in [3.05, 3.63) is 259 Å². The largest absolute Gasteiger partial charge is 0.309 e. The van der Waals surface area contributed by atoms with Crippen LogP contribution >= 0.6 is 11.3 Å². The number of allylic oxidation sites excluding steroid dienone is 7. The fraction of sp³-hybridized carbons (Fsp3) is 0.0625.